The van der Waals surface area contributed by atoms with Crippen LogP contribution >= 0.6 is 23.2 Å². The van der Waals surface area contributed by atoms with Gasteiger partial charge in [0.05, 0.1) is 17.8 Å². The first-order chi connectivity index (χ1) is 9.60. The molecule has 0 saturated heterocycles. The number of amides is 2. The molecule has 2 rings (SSSR count). The van der Waals surface area contributed by atoms with E-state index < -0.39 is 0 Å². The summed E-state index contributed by atoms with van der Waals surface area (Å²) in [6.45, 7) is 1.28. The van der Waals surface area contributed by atoms with Crippen molar-refractivity contribution in [1.29, 1.82) is 0 Å². The third-order valence-corrected chi connectivity index (χ3v) is 3.51. The van der Waals surface area contributed by atoms with Gasteiger partial charge < -0.3 is 5.73 Å². The van der Waals surface area contributed by atoms with Crippen molar-refractivity contribution in [2.24, 2.45) is 0 Å². The summed E-state index contributed by atoms with van der Waals surface area (Å²) >= 11 is 11.4. The maximum atomic E-state index is 12.3. The lowest BCUT2D eigenvalue weighted by molar-refractivity contribution is 0.0553. The minimum absolute atomic E-state index is 0.172. The van der Waals surface area contributed by atoms with Crippen molar-refractivity contribution in [3.63, 3.8) is 0 Å². The quantitative estimate of drug-likeness (QED) is 0.492. The van der Waals surface area contributed by atoms with Gasteiger partial charge >= 0.3 is 0 Å². The lowest BCUT2D eigenvalue weighted by atomic mass is 10.1. The molecular weight excluding hydrogens is 301 g/mol. The topological polar surface area (TPSA) is 66.6 Å². The Bertz CT molecular complexity index is 530. The Labute approximate surface area is 127 Å². The van der Waals surface area contributed by atoms with Gasteiger partial charge in [-0.25, -0.2) is 0 Å². The van der Waals surface area contributed by atoms with Crippen LogP contribution in [0.3, 0.4) is 0 Å². The van der Waals surface area contributed by atoms with Gasteiger partial charge in [-0.05, 0) is 12.1 Å². The molecule has 5 nitrogen and oxygen atoms in total. The maximum absolute atomic E-state index is 12.3. The van der Waals surface area contributed by atoms with E-state index in [2.05, 4.69) is 0 Å². The number of nitrogens with zero attached hydrogens (tertiary/aromatic N) is 2. The molecule has 1 heterocycles. The fourth-order valence-electron chi connectivity index (χ4n) is 2.18. The van der Waals surface area contributed by atoms with Crippen LogP contribution in [0, 0.1) is 0 Å². The molecule has 1 aromatic rings. The van der Waals surface area contributed by atoms with Crippen molar-refractivity contribution < 1.29 is 9.59 Å². The molecule has 0 fully saturated rings. The van der Waals surface area contributed by atoms with E-state index in [-0.39, 0.29) is 24.0 Å². The van der Waals surface area contributed by atoms with Gasteiger partial charge in [0.15, 0.2) is 0 Å². The number of nitrogens with two attached hydrogens (primary N) is 1. The fourth-order valence-corrected chi connectivity index (χ4v) is 2.66. The van der Waals surface area contributed by atoms with Crippen LogP contribution in [0.15, 0.2) is 18.2 Å². The summed E-state index contributed by atoms with van der Waals surface area (Å²) in [4.78, 5) is 27.6. The van der Waals surface area contributed by atoms with E-state index in [1.807, 2.05) is 4.90 Å². The highest BCUT2D eigenvalue weighted by Gasteiger charge is 2.37. The summed E-state index contributed by atoms with van der Waals surface area (Å²) < 4.78 is 0. The summed E-state index contributed by atoms with van der Waals surface area (Å²) in [6.07, 6.45) is 0. The van der Waals surface area contributed by atoms with Gasteiger partial charge in [0.1, 0.15) is 0 Å². The minimum atomic E-state index is -0.364. The van der Waals surface area contributed by atoms with E-state index in [1.54, 1.807) is 18.2 Å². The van der Waals surface area contributed by atoms with Crippen LogP contribution in [-0.4, -0.2) is 53.1 Å². The number of rotatable bonds is 6. The van der Waals surface area contributed by atoms with E-state index in [1.165, 1.54) is 4.90 Å². The molecule has 1 aliphatic rings. The van der Waals surface area contributed by atoms with Gasteiger partial charge in [0, 0.05) is 30.5 Å². The zero-order valence-corrected chi connectivity index (χ0v) is 12.3. The van der Waals surface area contributed by atoms with Gasteiger partial charge in [-0.3, -0.25) is 19.4 Å². The monoisotopic (exact) mass is 315 g/mol. The molecule has 1 aromatic carbocycles. The molecule has 20 heavy (non-hydrogen) atoms. The van der Waals surface area contributed by atoms with Gasteiger partial charge in [-0.1, -0.05) is 6.07 Å². The molecule has 0 aromatic heterocycles. The Morgan fingerprint density at radius 1 is 1.10 bits per heavy atom. The molecule has 0 atom stereocenters. The molecule has 0 unspecified atom stereocenters. The molecule has 108 valence electrons. The molecule has 2 N–H and O–H groups in total. The molecule has 7 heteroatoms. The highest BCUT2D eigenvalue weighted by Crippen LogP contribution is 2.27. The Balaban J connectivity index is 2.21. The molecular formula is C13H15Cl2N3O2. The summed E-state index contributed by atoms with van der Waals surface area (Å²) in [5.74, 6) is 0.119. The number of anilines is 1. The van der Waals surface area contributed by atoms with E-state index in [0.29, 0.717) is 36.1 Å². The SMILES string of the molecule is Nc1cccc2c1C(=O)N(CN(CCCl)CCCl)C2=O. The number of hydrogen-bond donors (Lipinski definition) is 1. The van der Waals surface area contributed by atoms with Crippen molar-refractivity contribution in [1.82, 2.24) is 9.80 Å². The maximum Gasteiger partial charge on any atom is 0.264 e. The third kappa shape index (κ3) is 2.75. The molecule has 0 bridgehead atoms. The summed E-state index contributed by atoms with van der Waals surface area (Å²) in [6, 6.07) is 4.89. The third-order valence-electron chi connectivity index (χ3n) is 3.17. The lowest BCUT2D eigenvalue weighted by Crippen LogP contribution is -2.42. The van der Waals surface area contributed by atoms with Crippen LogP contribution in [0.4, 0.5) is 5.69 Å². The number of carbonyl (C=O) groups is 2. The summed E-state index contributed by atoms with van der Waals surface area (Å²) in [5, 5.41) is 0. The van der Waals surface area contributed by atoms with E-state index >= 15 is 0 Å². The van der Waals surface area contributed by atoms with E-state index in [0.717, 1.165) is 0 Å². The molecule has 0 spiro atoms. The Morgan fingerprint density at radius 3 is 2.30 bits per heavy atom. The number of benzene rings is 1. The molecule has 2 amide bonds. The van der Waals surface area contributed by atoms with E-state index in [9.17, 15) is 9.59 Å². The summed E-state index contributed by atoms with van der Waals surface area (Å²) in [5.41, 5.74) is 6.74. The highest BCUT2D eigenvalue weighted by molar-refractivity contribution is 6.23. The van der Waals surface area contributed by atoms with Crippen LogP contribution < -0.4 is 5.73 Å². The standard InChI is InChI=1S/C13H15Cl2N3O2/c14-4-6-17(7-5-15)8-18-12(19)9-2-1-3-10(16)11(9)13(18)20/h1-3H,4-8,16H2. The largest absolute Gasteiger partial charge is 0.398 e. The second kappa shape index (κ2) is 6.43. The summed E-state index contributed by atoms with van der Waals surface area (Å²) in [7, 11) is 0. The molecule has 0 saturated carbocycles. The first-order valence-electron chi connectivity index (χ1n) is 6.19. The predicted octanol–water partition coefficient (Wildman–Crippen LogP) is 1.60. The normalized spacial score (nSPS) is 14.2. The van der Waals surface area contributed by atoms with Gasteiger partial charge in [-0.15, -0.1) is 23.2 Å². The van der Waals surface area contributed by atoms with Crippen molar-refractivity contribution in [3.05, 3.63) is 29.3 Å². The first kappa shape index (κ1) is 15.1. The molecule has 1 aliphatic heterocycles. The lowest BCUT2D eigenvalue weighted by Gasteiger charge is -2.25. The first-order valence-corrected chi connectivity index (χ1v) is 7.26. The second-order valence-electron chi connectivity index (χ2n) is 4.45. The number of hydrogen-bond acceptors (Lipinski definition) is 4. The second-order valence-corrected chi connectivity index (χ2v) is 5.20. The number of halogens is 2. The Hall–Kier alpha value is -1.30. The predicted molar refractivity (Wildman–Crippen MR) is 79.2 cm³/mol. The van der Waals surface area contributed by atoms with Crippen molar-refractivity contribution >= 4 is 40.7 Å². The highest BCUT2D eigenvalue weighted by atomic mass is 35.5. The number of carbonyl (C=O) groups excluding carboxylic acids is 2. The van der Waals surface area contributed by atoms with Gasteiger partial charge in [-0.2, -0.15) is 0 Å². The number of nitrogen functional groups attached to an aromatic ring is 1. The van der Waals surface area contributed by atoms with Gasteiger partial charge in [0.2, 0.25) is 0 Å². The Kier molecular flexibility index (Phi) is 4.86. The smallest absolute Gasteiger partial charge is 0.264 e. The van der Waals surface area contributed by atoms with Crippen LogP contribution in [-0.2, 0) is 0 Å². The number of alkyl halides is 2. The average molecular weight is 316 g/mol. The number of imide groups is 1. The van der Waals surface area contributed by atoms with E-state index in [4.69, 9.17) is 28.9 Å². The average Bonchev–Trinajstić information content (AvgIpc) is 2.66. The van der Waals surface area contributed by atoms with Crippen molar-refractivity contribution in [3.8, 4) is 0 Å². The zero-order chi connectivity index (χ0) is 14.7. The minimum Gasteiger partial charge on any atom is -0.398 e. The zero-order valence-electron chi connectivity index (χ0n) is 10.8. The van der Waals surface area contributed by atoms with Crippen LogP contribution in [0.25, 0.3) is 0 Å². The van der Waals surface area contributed by atoms with Crippen molar-refractivity contribution in [2.75, 3.05) is 37.3 Å². The van der Waals surface area contributed by atoms with Crippen LogP contribution in [0.1, 0.15) is 20.7 Å². The molecule has 0 radical (unpaired) electrons. The fraction of sp³-hybridized carbons (Fsp3) is 0.385. The van der Waals surface area contributed by atoms with Crippen LogP contribution in [0.2, 0.25) is 0 Å². The van der Waals surface area contributed by atoms with Crippen LogP contribution in [0.5, 0.6) is 0 Å². The van der Waals surface area contributed by atoms with Gasteiger partial charge in [0.25, 0.3) is 11.8 Å². The van der Waals surface area contributed by atoms with Crippen molar-refractivity contribution in [2.45, 2.75) is 0 Å². The number of fused-ring (bicyclic) bond motifs is 1. The molecule has 0 aliphatic carbocycles. The Morgan fingerprint density at radius 2 is 1.75 bits per heavy atom.